The van der Waals surface area contributed by atoms with Crippen molar-refractivity contribution in [3.05, 3.63) is 71.8 Å². The predicted molar refractivity (Wildman–Crippen MR) is 126 cm³/mol. The first-order chi connectivity index (χ1) is 16.0. The van der Waals surface area contributed by atoms with Crippen molar-refractivity contribution in [1.29, 1.82) is 0 Å². The van der Waals surface area contributed by atoms with E-state index in [2.05, 4.69) is 5.32 Å². The van der Waals surface area contributed by atoms with Gasteiger partial charge in [0.1, 0.15) is 6.04 Å². The Morgan fingerprint density at radius 3 is 2.48 bits per heavy atom. The van der Waals surface area contributed by atoms with Crippen molar-refractivity contribution in [2.75, 3.05) is 27.9 Å². The van der Waals surface area contributed by atoms with E-state index < -0.39 is 6.04 Å². The van der Waals surface area contributed by atoms with Gasteiger partial charge >= 0.3 is 5.97 Å². The first-order valence-electron chi connectivity index (χ1n) is 10.9. The van der Waals surface area contributed by atoms with E-state index in [9.17, 15) is 9.59 Å². The van der Waals surface area contributed by atoms with Gasteiger partial charge in [0.2, 0.25) is 0 Å². The third kappa shape index (κ3) is 4.64. The summed E-state index contributed by atoms with van der Waals surface area (Å²) in [5, 5.41) is 5.03. The number of likely N-dealkylation sites (tertiary alicyclic amines) is 1. The smallest absolute Gasteiger partial charge is 0.323 e. The molecule has 0 bridgehead atoms. The molecular weight excluding hydrogens is 420 g/mol. The maximum Gasteiger partial charge on any atom is 0.323 e. The summed E-state index contributed by atoms with van der Waals surface area (Å²) in [5.74, 6) is 0.788. The summed E-state index contributed by atoms with van der Waals surface area (Å²) in [6, 6.07) is 18.5. The van der Waals surface area contributed by atoms with Crippen molar-refractivity contribution < 1.29 is 23.8 Å². The zero-order chi connectivity index (χ0) is 23.4. The van der Waals surface area contributed by atoms with Crippen LogP contribution >= 0.6 is 0 Å². The lowest BCUT2D eigenvalue weighted by atomic mass is 10.0. The van der Waals surface area contributed by atoms with Crippen LogP contribution in [0.5, 0.6) is 11.5 Å². The number of hydrogen-bond acceptors (Lipinski definition) is 6. The molecule has 1 aliphatic heterocycles. The normalized spacial score (nSPS) is 18.2. The minimum Gasteiger partial charge on any atom is -0.493 e. The van der Waals surface area contributed by atoms with Gasteiger partial charge in [0.25, 0.3) is 5.91 Å². The Morgan fingerprint density at radius 1 is 0.970 bits per heavy atom. The van der Waals surface area contributed by atoms with Gasteiger partial charge in [0, 0.05) is 30.3 Å². The highest BCUT2D eigenvalue weighted by molar-refractivity contribution is 6.07. The zero-order valence-electron chi connectivity index (χ0n) is 19.0. The van der Waals surface area contributed by atoms with Gasteiger partial charge in [-0.1, -0.05) is 48.5 Å². The van der Waals surface area contributed by atoms with Crippen LogP contribution in [0, 0.1) is 0 Å². The third-order valence-electron chi connectivity index (χ3n) is 6.10. The van der Waals surface area contributed by atoms with Crippen molar-refractivity contribution in [1.82, 2.24) is 10.2 Å². The van der Waals surface area contributed by atoms with E-state index in [-0.39, 0.29) is 17.9 Å². The lowest BCUT2D eigenvalue weighted by Crippen LogP contribution is -2.37. The van der Waals surface area contributed by atoms with E-state index in [0.29, 0.717) is 36.6 Å². The standard InChI is InChI=1S/C26H28N2O5/c1-31-23-13-7-10-18(24(23)32-2)15-28-16-19(14-22(28)26(30)33-3)27-25(29)21-12-6-9-17-8-4-5-11-20(17)21/h4-13,19,22H,14-16H2,1-3H3,(H,27,29)/t19-,22-/m0/s1. The molecule has 7 heteroatoms. The molecule has 0 saturated carbocycles. The molecule has 4 rings (SSSR count). The highest BCUT2D eigenvalue weighted by Gasteiger charge is 2.38. The number of esters is 1. The Balaban J connectivity index is 1.54. The monoisotopic (exact) mass is 448 g/mol. The Kier molecular flexibility index (Phi) is 6.79. The fourth-order valence-corrected chi connectivity index (χ4v) is 4.55. The summed E-state index contributed by atoms with van der Waals surface area (Å²) >= 11 is 0. The Hall–Kier alpha value is -3.58. The molecule has 7 nitrogen and oxygen atoms in total. The van der Waals surface area contributed by atoms with Crippen molar-refractivity contribution >= 4 is 22.6 Å². The molecule has 172 valence electrons. The summed E-state index contributed by atoms with van der Waals surface area (Å²) < 4.78 is 16.0. The SMILES string of the molecule is COC(=O)[C@@H]1C[C@H](NC(=O)c2cccc3ccccc23)CN1Cc1cccc(OC)c1OC. The summed E-state index contributed by atoms with van der Waals surface area (Å²) in [6.45, 7) is 0.970. The molecule has 33 heavy (non-hydrogen) atoms. The number of rotatable bonds is 7. The van der Waals surface area contributed by atoms with Gasteiger partial charge in [-0.05, 0) is 29.3 Å². The minimum atomic E-state index is -0.469. The Morgan fingerprint density at radius 2 is 1.73 bits per heavy atom. The molecule has 0 aromatic heterocycles. The molecular formula is C26H28N2O5. The van der Waals surface area contributed by atoms with Gasteiger partial charge in [-0.25, -0.2) is 0 Å². The van der Waals surface area contributed by atoms with Gasteiger partial charge in [-0.3, -0.25) is 14.5 Å². The molecule has 1 aliphatic rings. The van der Waals surface area contributed by atoms with Gasteiger partial charge in [0.05, 0.1) is 21.3 Å². The van der Waals surface area contributed by atoms with E-state index in [1.54, 1.807) is 14.2 Å². The average Bonchev–Trinajstić information content (AvgIpc) is 3.24. The number of amides is 1. The van der Waals surface area contributed by atoms with E-state index in [1.807, 2.05) is 65.6 Å². The van der Waals surface area contributed by atoms with Crippen LogP contribution in [0.2, 0.25) is 0 Å². The average molecular weight is 449 g/mol. The number of nitrogens with zero attached hydrogens (tertiary/aromatic N) is 1. The lowest BCUT2D eigenvalue weighted by molar-refractivity contribution is -0.146. The topological polar surface area (TPSA) is 77.1 Å². The van der Waals surface area contributed by atoms with Crippen LogP contribution in [0.15, 0.2) is 60.7 Å². The summed E-state index contributed by atoms with van der Waals surface area (Å²) in [7, 11) is 4.57. The minimum absolute atomic E-state index is 0.152. The number of para-hydroxylation sites is 1. The second kappa shape index (κ2) is 9.92. The molecule has 3 aromatic rings. The first kappa shape index (κ1) is 22.6. The van der Waals surface area contributed by atoms with E-state index in [0.717, 1.165) is 16.3 Å². The van der Waals surface area contributed by atoms with Crippen molar-refractivity contribution in [2.24, 2.45) is 0 Å². The second-order valence-electron chi connectivity index (χ2n) is 8.05. The van der Waals surface area contributed by atoms with Crippen LogP contribution in [0.1, 0.15) is 22.3 Å². The molecule has 1 amide bonds. The fourth-order valence-electron chi connectivity index (χ4n) is 4.55. The highest BCUT2D eigenvalue weighted by Crippen LogP contribution is 2.33. The number of benzene rings is 3. The van der Waals surface area contributed by atoms with Gasteiger partial charge in [0.15, 0.2) is 11.5 Å². The Labute approximate surface area is 193 Å². The number of methoxy groups -OCH3 is 3. The number of fused-ring (bicyclic) bond motifs is 1. The molecule has 2 atom stereocenters. The number of hydrogen-bond donors (Lipinski definition) is 1. The maximum absolute atomic E-state index is 13.1. The summed E-state index contributed by atoms with van der Waals surface area (Å²) in [6.07, 6.45) is 0.468. The molecule has 1 heterocycles. The van der Waals surface area contributed by atoms with Crippen LogP contribution in [0.4, 0.5) is 0 Å². The summed E-state index contributed by atoms with van der Waals surface area (Å²) in [4.78, 5) is 27.7. The summed E-state index contributed by atoms with van der Waals surface area (Å²) in [5.41, 5.74) is 1.52. The number of ether oxygens (including phenoxy) is 3. The van der Waals surface area contributed by atoms with Crippen LogP contribution < -0.4 is 14.8 Å². The predicted octanol–water partition coefficient (Wildman–Crippen LogP) is 3.40. The van der Waals surface area contributed by atoms with Gasteiger partial charge in [-0.2, -0.15) is 0 Å². The lowest BCUT2D eigenvalue weighted by Gasteiger charge is -2.23. The Bertz CT molecular complexity index is 1160. The molecule has 0 spiro atoms. The van der Waals surface area contributed by atoms with Crippen LogP contribution in [-0.4, -0.2) is 56.7 Å². The highest BCUT2D eigenvalue weighted by atomic mass is 16.5. The number of carbonyl (C=O) groups is 2. The molecule has 1 saturated heterocycles. The van der Waals surface area contributed by atoms with Crippen molar-refractivity contribution in [2.45, 2.75) is 25.0 Å². The largest absolute Gasteiger partial charge is 0.493 e. The second-order valence-corrected chi connectivity index (χ2v) is 8.05. The molecule has 1 fully saturated rings. The quantitative estimate of drug-likeness (QED) is 0.559. The van der Waals surface area contributed by atoms with E-state index in [4.69, 9.17) is 14.2 Å². The van der Waals surface area contributed by atoms with Crippen molar-refractivity contribution in [3.8, 4) is 11.5 Å². The molecule has 0 aliphatic carbocycles. The van der Waals surface area contributed by atoms with Gasteiger partial charge in [-0.15, -0.1) is 0 Å². The fraction of sp³-hybridized carbons (Fsp3) is 0.308. The van der Waals surface area contributed by atoms with Crippen LogP contribution in [0.25, 0.3) is 10.8 Å². The zero-order valence-corrected chi connectivity index (χ0v) is 19.0. The van der Waals surface area contributed by atoms with E-state index in [1.165, 1.54) is 7.11 Å². The van der Waals surface area contributed by atoms with Crippen LogP contribution in [-0.2, 0) is 16.1 Å². The number of carbonyl (C=O) groups excluding carboxylic acids is 2. The first-order valence-corrected chi connectivity index (χ1v) is 10.9. The maximum atomic E-state index is 13.1. The molecule has 3 aromatic carbocycles. The molecule has 1 N–H and O–H groups in total. The van der Waals surface area contributed by atoms with Crippen LogP contribution in [0.3, 0.4) is 0 Å². The van der Waals surface area contributed by atoms with Gasteiger partial charge < -0.3 is 19.5 Å². The third-order valence-corrected chi connectivity index (χ3v) is 6.10. The van der Waals surface area contributed by atoms with Crippen molar-refractivity contribution in [3.63, 3.8) is 0 Å². The number of nitrogens with one attached hydrogen (secondary N) is 1. The molecule has 0 radical (unpaired) electrons. The van der Waals surface area contributed by atoms with E-state index >= 15 is 0 Å². The molecule has 0 unspecified atom stereocenters.